The van der Waals surface area contributed by atoms with Crippen molar-refractivity contribution >= 4 is 34.7 Å². The van der Waals surface area contributed by atoms with Gasteiger partial charge in [-0.05, 0) is 23.8 Å². The fourth-order valence-corrected chi connectivity index (χ4v) is 2.97. The first-order valence-corrected chi connectivity index (χ1v) is 8.39. The van der Waals surface area contributed by atoms with E-state index in [1.807, 2.05) is 42.7 Å². The molecule has 0 radical (unpaired) electrons. The Morgan fingerprint density at radius 2 is 1.92 bits per heavy atom. The number of benzene rings is 1. The fraction of sp³-hybridized carbons (Fsp3) is 0.0556. The number of anilines is 1. The standard InChI is InChI=1S/C18H13Cl2N5/c19-15-5-1-4-13(17(15)20)14-11-23-25-8-6-16(24-18(14)25)22-10-12-3-2-7-21-9-12/h1-9,11H,10H2,(H,22,24). The van der Waals surface area contributed by atoms with Crippen molar-refractivity contribution in [1.82, 2.24) is 19.6 Å². The third kappa shape index (κ3) is 3.16. The zero-order chi connectivity index (χ0) is 17.2. The zero-order valence-electron chi connectivity index (χ0n) is 13.0. The Hall–Kier alpha value is -2.63. The molecule has 4 aromatic rings. The number of hydrogen-bond acceptors (Lipinski definition) is 4. The largest absolute Gasteiger partial charge is 0.366 e. The number of hydrogen-bond donors (Lipinski definition) is 1. The maximum Gasteiger partial charge on any atom is 0.165 e. The lowest BCUT2D eigenvalue weighted by Crippen LogP contribution is -2.03. The maximum absolute atomic E-state index is 6.35. The number of pyridine rings is 1. The normalized spacial score (nSPS) is 11.0. The van der Waals surface area contributed by atoms with Gasteiger partial charge < -0.3 is 5.32 Å². The molecule has 3 aromatic heterocycles. The molecule has 4 rings (SSSR count). The molecule has 0 saturated heterocycles. The number of aromatic nitrogens is 4. The van der Waals surface area contributed by atoms with Crippen LogP contribution in [0, 0.1) is 0 Å². The van der Waals surface area contributed by atoms with Gasteiger partial charge in [0.05, 0.1) is 16.2 Å². The van der Waals surface area contributed by atoms with Gasteiger partial charge in [0.15, 0.2) is 5.65 Å². The van der Waals surface area contributed by atoms with Gasteiger partial charge in [-0.25, -0.2) is 9.50 Å². The lowest BCUT2D eigenvalue weighted by atomic mass is 10.1. The predicted molar refractivity (Wildman–Crippen MR) is 100 cm³/mol. The Labute approximate surface area is 154 Å². The number of nitrogens with one attached hydrogen (secondary N) is 1. The van der Waals surface area contributed by atoms with Crippen molar-refractivity contribution in [2.24, 2.45) is 0 Å². The van der Waals surface area contributed by atoms with Crippen molar-refractivity contribution in [2.45, 2.75) is 6.54 Å². The van der Waals surface area contributed by atoms with E-state index < -0.39 is 0 Å². The fourth-order valence-electron chi connectivity index (χ4n) is 2.56. The van der Waals surface area contributed by atoms with Crippen molar-refractivity contribution in [1.29, 1.82) is 0 Å². The molecule has 0 aliphatic carbocycles. The van der Waals surface area contributed by atoms with Crippen molar-refractivity contribution in [3.8, 4) is 11.1 Å². The lowest BCUT2D eigenvalue weighted by Gasteiger charge is -2.07. The van der Waals surface area contributed by atoms with Crippen LogP contribution in [0.15, 0.2) is 61.2 Å². The minimum absolute atomic E-state index is 0.495. The molecule has 0 fully saturated rings. The highest BCUT2D eigenvalue weighted by molar-refractivity contribution is 6.43. The summed E-state index contributed by atoms with van der Waals surface area (Å²) in [5, 5.41) is 8.64. The summed E-state index contributed by atoms with van der Waals surface area (Å²) in [5.74, 6) is 0.747. The highest BCUT2D eigenvalue weighted by Gasteiger charge is 2.13. The van der Waals surface area contributed by atoms with E-state index in [-0.39, 0.29) is 0 Å². The van der Waals surface area contributed by atoms with Crippen LogP contribution in [0.3, 0.4) is 0 Å². The first-order valence-electron chi connectivity index (χ1n) is 7.64. The van der Waals surface area contributed by atoms with Crippen molar-refractivity contribution in [3.05, 3.63) is 76.8 Å². The zero-order valence-corrected chi connectivity index (χ0v) is 14.5. The second kappa shape index (κ2) is 6.70. The Bertz CT molecular complexity index is 1030. The van der Waals surface area contributed by atoms with E-state index in [1.165, 1.54) is 0 Å². The summed E-state index contributed by atoms with van der Waals surface area (Å²) in [4.78, 5) is 8.77. The first-order chi connectivity index (χ1) is 12.2. The quantitative estimate of drug-likeness (QED) is 0.565. The van der Waals surface area contributed by atoms with Crippen LogP contribution in [0.4, 0.5) is 5.82 Å². The summed E-state index contributed by atoms with van der Waals surface area (Å²) in [6, 6.07) is 11.3. The molecule has 0 aliphatic rings. The molecule has 25 heavy (non-hydrogen) atoms. The van der Waals surface area contributed by atoms with Gasteiger partial charge in [-0.2, -0.15) is 5.10 Å². The molecular formula is C18H13Cl2N5. The van der Waals surface area contributed by atoms with E-state index in [4.69, 9.17) is 23.2 Å². The van der Waals surface area contributed by atoms with Crippen molar-refractivity contribution in [3.63, 3.8) is 0 Å². The molecule has 0 spiro atoms. The van der Waals surface area contributed by atoms with Gasteiger partial charge >= 0.3 is 0 Å². The molecule has 0 unspecified atom stereocenters. The third-order valence-electron chi connectivity index (χ3n) is 3.81. The van der Waals surface area contributed by atoms with Crippen LogP contribution in [0.1, 0.15) is 5.56 Å². The Morgan fingerprint density at radius 1 is 1.00 bits per heavy atom. The number of nitrogens with zero attached hydrogens (tertiary/aromatic N) is 4. The summed E-state index contributed by atoms with van der Waals surface area (Å²) in [7, 11) is 0. The maximum atomic E-state index is 6.35. The van der Waals surface area contributed by atoms with E-state index >= 15 is 0 Å². The van der Waals surface area contributed by atoms with E-state index in [0.29, 0.717) is 22.2 Å². The predicted octanol–water partition coefficient (Wildman–Crippen LogP) is 4.71. The molecule has 0 amide bonds. The van der Waals surface area contributed by atoms with Crippen LogP contribution >= 0.6 is 23.2 Å². The molecule has 124 valence electrons. The molecule has 0 atom stereocenters. The van der Waals surface area contributed by atoms with Gasteiger partial charge in [0.2, 0.25) is 0 Å². The average molecular weight is 370 g/mol. The molecule has 1 aromatic carbocycles. The lowest BCUT2D eigenvalue weighted by molar-refractivity contribution is 0.936. The van der Waals surface area contributed by atoms with E-state index in [0.717, 1.165) is 22.5 Å². The Kier molecular flexibility index (Phi) is 4.26. The average Bonchev–Trinajstić information content (AvgIpc) is 3.06. The van der Waals surface area contributed by atoms with Gasteiger partial charge in [0, 0.05) is 36.3 Å². The summed E-state index contributed by atoms with van der Waals surface area (Å²) >= 11 is 12.5. The van der Waals surface area contributed by atoms with Crippen LogP contribution in [0.25, 0.3) is 16.8 Å². The van der Waals surface area contributed by atoms with Gasteiger partial charge in [0.1, 0.15) is 5.82 Å². The monoisotopic (exact) mass is 369 g/mol. The number of fused-ring (bicyclic) bond motifs is 1. The summed E-state index contributed by atoms with van der Waals surface area (Å²) in [6.45, 7) is 0.637. The minimum atomic E-state index is 0.495. The second-order valence-electron chi connectivity index (χ2n) is 5.46. The van der Waals surface area contributed by atoms with Gasteiger partial charge in [-0.15, -0.1) is 0 Å². The van der Waals surface area contributed by atoms with Crippen LogP contribution in [0.2, 0.25) is 10.0 Å². The van der Waals surface area contributed by atoms with Crippen molar-refractivity contribution in [2.75, 3.05) is 5.32 Å². The molecule has 0 saturated carbocycles. The summed E-state index contributed by atoms with van der Waals surface area (Å²) < 4.78 is 1.71. The molecule has 7 heteroatoms. The van der Waals surface area contributed by atoms with Gasteiger partial charge in [-0.1, -0.05) is 41.4 Å². The highest BCUT2D eigenvalue weighted by atomic mass is 35.5. The molecule has 3 heterocycles. The first kappa shape index (κ1) is 15.9. The van der Waals surface area contributed by atoms with E-state index in [9.17, 15) is 0 Å². The molecule has 1 N–H and O–H groups in total. The Balaban J connectivity index is 1.69. The molecule has 0 bridgehead atoms. The third-order valence-corrected chi connectivity index (χ3v) is 4.63. The number of rotatable bonds is 4. The van der Waals surface area contributed by atoms with Crippen LogP contribution in [-0.2, 0) is 6.54 Å². The minimum Gasteiger partial charge on any atom is -0.366 e. The molecule has 0 aliphatic heterocycles. The van der Waals surface area contributed by atoms with Gasteiger partial charge in [0.25, 0.3) is 0 Å². The molecule has 5 nitrogen and oxygen atoms in total. The van der Waals surface area contributed by atoms with Crippen LogP contribution in [0.5, 0.6) is 0 Å². The van der Waals surface area contributed by atoms with Crippen molar-refractivity contribution < 1.29 is 0 Å². The second-order valence-corrected chi connectivity index (χ2v) is 6.24. The van der Waals surface area contributed by atoms with Crippen LogP contribution in [-0.4, -0.2) is 19.6 Å². The van der Waals surface area contributed by atoms with E-state index in [2.05, 4.69) is 20.4 Å². The molecular weight excluding hydrogens is 357 g/mol. The van der Waals surface area contributed by atoms with Gasteiger partial charge in [-0.3, -0.25) is 4.98 Å². The smallest absolute Gasteiger partial charge is 0.165 e. The number of halogens is 2. The SMILES string of the molecule is Clc1cccc(-c2cnn3ccc(NCc4cccnc4)nc23)c1Cl. The van der Waals surface area contributed by atoms with Crippen LogP contribution < -0.4 is 5.32 Å². The topological polar surface area (TPSA) is 55.1 Å². The summed E-state index contributed by atoms with van der Waals surface area (Å²) in [5.41, 5.74) is 3.43. The van der Waals surface area contributed by atoms with E-state index in [1.54, 1.807) is 23.0 Å². The highest BCUT2D eigenvalue weighted by Crippen LogP contribution is 2.35. The Morgan fingerprint density at radius 3 is 2.76 bits per heavy atom. The summed E-state index contributed by atoms with van der Waals surface area (Å²) in [6.07, 6.45) is 7.17.